The van der Waals surface area contributed by atoms with Crippen molar-refractivity contribution >= 4 is 27.5 Å². The van der Waals surface area contributed by atoms with Crippen LogP contribution in [0.25, 0.3) is 0 Å². The zero-order valence-corrected chi connectivity index (χ0v) is 12.0. The monoisotopic (exact) mass is 348 g/mol. The summed E-state index contributed by atoms with van der Waals surface area (Å²) in [4.78, 5) is -0.278. The van der Waals surface area contributed by atoms with E-state index in [0.29, 0.717) is 11.1 Å². The maximum Gasteiger partial charge on any atom is 0.142 e. The minimum atomic E-state index is -0.620. The van der Waals surface area contributed by atoms with Gasteiger partial charge >= 0.3 is 0 Å². The standard InChI is InChI=1S/C14H9BrClF3/c15-11(8-2-4-12(16)14(19)6-8)5-9-1-3-10(17)7-13(9)18/h1-4,6-7,11H,5H2. The Kier molecular flexibility index (Phi) is 4.53. The number of rotatable bonds is 3. The summed E-state index contributed by atoms with van der Waals surface area (Å²) in [7, 11) is 0. The van der Waals surface area contributed by atoms with Gasteiger partial charge in [-0.25, -0.2) is 13.2 Å². The summed E-state index contributed by atoms with van der Waals surface area (Å²) >= 11 is 8.96. The highest BCUT2D eigenvalue weighted by molar-refractivity contribution is 9.09. The predicted molar refractivity (Wildman–Crippen MR) is 73.1 cm³/mol. The number of hydrogen-bond acceptors (Lipinski definition) is 0. The van der Waals surface area contributed by atoms with Crippen molar-refractivity contribution in [3.63, 3.8) is 0 Å². The molecule has 0 N–H and O–H groups in total. The molecule has 0 radical (unpaired) electrons. The Hall–Kier alpha value is -1.00. The first-order valence-corrected chi connectivity index (χ1v) is 6.79. The summed E-state index contributed by atoms with van der Waals surface area (Å²) < 4.78 is 39.6. The molecule has 0 aliphatic carbocycles. The molecule has 5 heteroatoms. The van der Waals surface area contributed by atoms with Crippen molar-refractivity contribution in [1.29, 1.82) is 0 Å². The molecule has 0 nitrogen and oxygen atoms in total. The molecule has 0 bridgehead atoms. The topological polar surface area (TPSA) is 0 Å². The lowest BCUT2D eigenvalue weighted by atomic mass is 10.0. The van der Waals surface area contributed by atoms with Gasteiger partial charge in [-0.2, -0.15) is 0 Å². The van der Waals surface area contributed by atoms with Crippen LogP contribution in [0.3, 0.4) is 0 Å². The van der Waals surface area contributed by atoms with Gasteiger partial charge in [-0.1, -0.05) is 39.7 Å². The highest BCUT2D eigenvalue weighted by Gasteiger charge is 2.13. The van der Waals surface area contributed by atoms with E-state index >= 15 is 0 Å². The maximum atomic E-state index is 13.5. The molecule has 2 aromatic rings. The van der Waals surface area contributed by atoms with Gasteiger partial charge in [0, 0.05) is 10.9 Å². The molecule has 0 heterocycles. The average Bonchev–Trinajstić information content (AvgIpc) is 2.36. The van der Waals surface area contributed by atoms with E-state index in [2.05, 4.69) is 15.9 Å². The van der Waals surface area contributed by atoms with Crippen molar-refractivity contribution in [2.45, 2.75) is 11.2 Å². The summed E-state index contributed by atoms with van der Waals surface area (Å²) in [5, 5.41) is 0.0383. The summed E-state index contributed by atoms with van der Waals surface area (Å²) in [5.41, 5.74) is 1.00. The molecule has 2 aromatic carbocycles. The van der Waals surface area contributed by atoms with Gasteiger partial charge in [-0.3, -0.25) is 0 Å². The molecule has 0 saturated carbocycles. The third-order valence-electron chi connectivity index (χ3n) is 2.72. The second-order valence-corrected chi connectivity index (χ2v) is 5.59. The first-order valence-electron chi connectivity index (χ1n) is 5.50. The molecular weight excluding hydrogens is 341 g/mol. The van der Waals surface area contributed by atoms with E-state index in [1.807, 2.05) is 0 Å². The van der Waals surface area contributed by atoms with Gasteiger partial charge in [0.25, 0.3) is 0 Å². The van der Waals surface area contributed by atoms with Crippen LogP contribution in [-0.4, -0.2) is 0 Å². The lowest BCUT2D eigenvalue weighted by molar-refractivity contribution is 0.571. The minimum absolute atomic E-state index is 0.0383. The lowest BCUT2D eigenvalue weighted by Crippen LogP contribution is -1.99. The number of alkyl halides is 1. The Morgan fingerprint density at radius 1 is 1.00 bits per heavy atom. The van der Waals surface area contributed by atoms with Crippen molar-refractivity contribution < 1.29 is 13.2 Å². The van der Waals surface area contributed by atoms with Crippen molar-refractivity contribution in [3.8, 4) is 0 Å². The van der Waals surface area contributed by atoms with Crippen molar-refractivity contribution in [1.82, 2.24) is 0 Å². The SMILES string of the molecule is Fc1ccc(CC(Br)c2ccc(Cl)c(F)c2)c(F)c1. The second kappa shape index (κ2) is 5.97. The van der Waals surface area contributed by atoms with E-state index in [1.165, 1.54) is 24.3 Å². The van der Waals surface area contributed by atoms with Crippen molar-refractivity contribution in [2.24, 2.45) is 0 Å². The van der Waals surface area contributed by atoms with Crippen LogP contribution in [0, 0.1) is 17.5 Å². The van der Waals surface area contributed by atoms with Gasteiger partial charge in [0.1, 0.15) is 17.5 Å². The first kappa shape index (κ1) is 14.4. The third kappa shape index (κ3) is 3.51. The van der Waals surface area contributed by atoms with Gasteiger partial charge in [-0.15, -0.1) is 0 Å². The van der Waals surface area contributed by atoms with E-state index in [-0.39, 0.29) is 16.3 Å². The molecule has 0 aliphatic heterocycles. The minimum Gasteiger partial charge on any atom is -0.207 e. The number of halogens is 5. The molecule has 0 spiro atoms. The Balaban J connectivity index is 2.20. The molecule has 0 amide bonds. The third-order valence-corrected chi connectivity index (χ3v) is 3.88. The van der Waals surface area contributed by atoms with E-state index in [9.17, 15) is 13.2 Å². The Morgan fingerprint density at radius 3 is 2.37 bits per heavy atom. The second-order valence-electron chi connectivity index (χ2n) is 4.08. The molecular formula is C14H9BrClF3. The fourth-order valence-corrected chi connectivity index (χ4v) is 2.46. The van der Waals surface area contributed by atoms with E-state index < -0.39 is 17.5 Å². The maximum absolute atomic E-state index is 13.5. The Bertz CT molecular complexity index is 601. The molecule has 0 aromatic heterocycles. The molecule has 0 saturated heterocycles. The number of hydrogen-bond donors (Lipinski definition) is 0. The van der Waals surface area contributed by atoms with E-state index in [0.717, 1.165) is 6.07 Å². The van der Waals surface area contributed by atoms with Crippen LogP contribution in [0.4, 0.5) is 13.2 Å². The smallest absolute Gasteiger partial charge is 0.142 e. The normalized spacial score (nSPS) is 12.5. The summed E-state index contributed by atoms with van der Waals surface area (Å²) in [6.45, 7) is 0. The van der Waals surface area contributed by atoms with E-state index in [1.54, 1.807) is 6.07 Å². The molecule has 1 unspecified atom stereocenters. The molecule has 2 rings (SSSR count). The van der Waals surface area contributed by atoms with Gasteiger partial charge < -0.3 is 0 Å². The van der Waals surface area contributed by atoms with E-state index in [4.69, 9.17) is 11.6 Å². The van der Waals surface area contributed by atoms with Crippen molar-refractivity contribution in [2.75, 3.05) is 0 Å². The van der Waals surface area contributed by atoms with Crippen LogP contribution in [-0.2, 0) is 6.42 Å². The molecule has 1 atom stereocenters. The van der Waals surface area contributed by atoms with Crippen LogP contribution in [0.15, 0.2) is 36.4 Å². The highest BCUT2D eigenvalue weighted by atomic mass is 79.9. The van der Waals surface area contributed by atoms with Gasteiger partial charge in [0.05, 0.1) is 5.02 Å². The highest BCUT2D eigenvalue weighted by Crippen LogP contribution is 2.30. The summed E-state index contributed by atoms with van der Waals surface area (Å²) in [6.07, 6.45) is 0.285. The number of benzene rings is 2. The van der Waals surface area contributed by atoms with Crippen LogP contribution in [0.1, 0.15) is 16.0 Å². The summed E-state index contributed by atoms with van der Waals surface area (Å²) in [6, 6.07) is 7.81. The average molecular weight is 350 g/mol. The van der Waals surface area contributed by atoms with Crippen LogP contribution in [0.5, 0.6) is 0 Å². The summed E-state index contributed by atoms with van der Waals surface area (Å²) in [5.74, 6) is -1.76. The molecule has 100 valence electrons. The fraction of sp³-hybridized carbons (Fsp3) is 0.143. The first-order chi connectivity index (χ1) is 8.97. The van der Waals surface area contributed by atoms with Gasteiger partial charge in [-0.05, 0) is 35.7 Å². The predicted octanol–water partition coefficient (Wildman–Crippen LogP) is 5.44. The lowest BCUT2D eigenvalue weighted by Gasteiger charge is -2.11. The fourth-order valence-electron chi connectivity index (χ4n) is 1.71. The zero-order valence-electron chi connectivity index (χ0n) is 9.64. The largest absolute Gasteiger partial charge is 0.207 e. The van der Waals surface area contributed by atoms with Crippen LogP contribution < -0.4 is 0 Å². The molecule has 19 heavy (non-hydrogen) atoms. The van der Waals surface area contributed by atoms with Gasteiger partial charge in [0.2, 0.25) is 0 Å². The van der Waals surface area contributed by atoms with Crippen LogP contribution in [0.2, 0.25) is 5.02 Å². The van der Waals surface area contributed by atoms with Crippen LogP contribution >= 0.6 is 27.5 Å². The molecule has 0 aliphatic rings. The quantitative estimate of drug-likeness (QED) is 0.648. The zero-order chi connectivity index (χ0) is 14.0. The molecule has 0 fully saturated rings. The van der Waals surface area contributed by atoms with Gasteiger partial charge in [0.15, 0.2) is 0 Å². The van der Waals surface area contributed by atoms with Crippen molar-refractivity contribution in [3.05, 3.63) is 70.0 Å². The Labute approximate surface area is 122 Å². The Morgan fingerprint density at radius 2 is 1.74 bits per heavy atom.